The largest absolute Gasteiger partial charge is 0.490 e. The Morgan fingerprint density at radius 2 is 2.15 bits per heavy atom. The van der Waals surface area contributed by atoms with E-state index in [0.29, 0.717) is 6.61 Å². The summed E-state index contributed by atoms with van der Waals surface area (Å²) in [5, 5.41) is 14.8. The van der Waals surface area contributed by atoms with E-state index in [1.807, 2.05) is 24.9 Å². The van der Waals surface area contributed by atoms with E-state index in [2.05, 4.69) is 20.4 Å². The number of halogens is 3. The molecule has 0 radical (unpaired) electrons. The summed E-state index contributed by atoms with van der Waals surface area (Å²) in [5.74, 6) is -2.76. The third-order valence-electron chi connectivity index (χ3n) is 4.06. The van der Waals surface area contributed by atoms with Gasteiger partial charge in [-0.05, 0) is 18.9 Å². The van der Waals surface area contributed by atoms with Gasteiger partial charge in [0.1, 0.15) is 5.01 Å². The molecule has 0 spiro atoms. The Hall–Kier alpha value is -1.98. The Kier molecular flexibility index (Phi) is 6.95. The Morgan fingerprint density at radius 1 is 1.48 bits per heavy atom. The van der Waals surface area contributed by atoms with Gasteiger partial charge in [0.25, 0.3) is 0 Å². The van der Waals surface area contributed by atoms with Crippen LogP contribution in [0.1, 0.15) is 28.0 Å². The molecule has 1 N–H and O–H groups in total. The molecule has 0 fully saturated rings. The molecule has 0 saturated heterocycles. The summed E-state index contributed by atoms with van der Waals surface area (Å²) in [6.07, 6.45) is -2.05. The maximum Gasteiger partial charge on any atom is 0.490 e. The predicted molar refractivity (Wildman–Crippen MR) is 92.5 cm³/mol. The van der Waals surface area contributed by atoms with Crippen LogP contribution in [-0.2, 0) is 29.5 Å². The van der Waals surface area contributed by atoms with Gasteiger partial charge in [-0.3, -0.25) is 9.58 Å². The molecule has 0 aromatic carbocycles. The second kappa shape index (κ2) is 8.81. The van der Waals surface area contributed by atoms with Crippen molar-refractivity contribution < 1.29 is 27.8 Å². The number of carboxylic acid groups (broad SMARTS) is 1. The van der Waals surface area contributed by atoms with Crippen LogP contribution in [0, 0.1) is 6.92 Å². The molecule has 3 rings (SSSR count). The van der Waals surface area contributed by atoms with Crippen LogP contribution in [0.4, 0.5) is 13.2 Å². The maximum absolute atomic E-state index is 10.6. The van der Waals surface area contributed by atoms with Gasteiger partial charge >= 0.3 is 12.1 Å². The molecule has 7 nitrogen and oxygen atoms in total. The van der Waals surface area contributed by atoms with Crippen LogP contribution in [0.2, 0.25) is 0 Å². The highest BCUT2D eigenvalue weighted by atomic mass is 32.1. The number of aromatic nitrogens is 3. The standard InChI is InChI=1S/C14H20N4OS.C2HF3O2/c1-10-9-20-13(16-10)7-18-5-4-11-6-15-17(2)14(11)12(18)8-19-3;3-2(4,5)1(6)7/h6,9,12H,4-5,7-8H2,1-3H3;(H,6,7). The van der Waals surface area contributed by atoms with E-state index >= 15 is 0 Å². The number of hydrogen-bond acceptors (Lipinski definition) is 6. The van der Waals surface area contributed by atoms with Crippen LogP contribution in [0.5, 0.6) is 0 Å². The van der Waals surface area contributed by atoms with Crippen molar-refractivity contribution in [3.8, 4) is 0 Å². The van der Waals surface area contributed by atoms with Crippen LogP contribution in [0.25, 0.3) is 0 Å². The van der Waals surface area contributed by atoms with E-state index < -0.39 is 12.1 Å². The number of carbonyl (C=O) groups is 1. The van der Waals surface area contributed by atoms with Gasteiger partial charge in [0, 0.05) is 31.8 Å². The quantitative estimate of drug-likeness (QED) is 0.841. The number of carboxylic acids is 1. The Labute approximate surface area is 158 Å². The van der Waals surface area contributed by atoms with Crippen molar-refractivity contribution >= 4 is 17.3 Å². The number of ether oxygens (including phenoxy) is 1. The monoisotopic (exact) mass is 406 g/mol. The SMILES string of the molecule is COCC1c2c(cnn2C)CCN1Cc1nc(C)cs1.O=C(O)C(F)(F)F. The van der Waals surface area contributed by atoms with E-state index in [9.17, 15) is 13.2 Å². The molecule has 1 aliphatic rings. The minimum atomic E-state index is -5.08. The number of hydrogen-bond donors (Lipinski definition) is 1. The van der Waals surface area contributed by atoms with Crippen molar-refractivity contribution in [2.45, 2.75) is 32.1 Å². The normalized spacial score (nSPS) is 17.2. The third kappa shape index (κ3) is 5.50. The third-order valence-corrected chi connectivity index (χ3v) is 5.01. The number of aryl methyl sites for hydroxylation is 2. The van der Waals surface area contributed by atoms with Crippen LogP contribution < -0.4 is 0 Å². The smallest absolute Gasteiger partial charge is 0.475 e. The first-order chi connectivity index (χ1) is 12.6. The molecule has 3 heterocycles. The second-order valence-corrected chi connectivity index (χ2v) is 7.00. The molecule has 1 atom stereocenters. The van der Waals surface area contributed by atoms with Crippen molar-refractivity contribution in [2.24, 2.45) is 7.05 Å². The predicted octanol–water partition coefficient (Wildman–Crippen LogP) is 2.56. The molecule has 0 amide bonds. The van der Waals surface area contributed by atoms with Gasteiger partial charge in [-0.15, -0.1) is 11.3 Å². The molecule has 2 aromatic rings. The highest BCUT2D eigenvalue weighted by molar-refractivity contribution is 7.09. The molecular weight excluding hydrogens is 385 g/mol. The van der Waals surface area contributed by atoms with E-state index in [4.69, 9.17) is 14.6 Å². The highest BCUT2D eigenvalue weighted by Crippen LogP contribution is 2.31. The topological polar surface area (TPSA) is 80.5 Å². The Balaban J connectivity index is 0.000000321. The molecule has 0 bridgehead atoms. The fourth-order valence-electron chi connectivity index (χ4n) is 2.89. The summed E-state index contributed by atoms with van der Waals surface area (Å²) >= 11 is 1.73. The lowest BCUT2D eigenvalue weighted by Crippen LogP contribution is -2.38. The average Bonchev–Trinajstić information content (AvgIpc) is 3.15. The summed E-state index contributed by atoms with van der Waals surface area (Å²) < 4.78 is 39.2. The first kappa shape index (κ1) is 21.3. The van der Waals surface area contributed by atoms with E-state index in [-0.39, 0.29) is 6.04 Å². The molecule has 27 heavy (non-hydrogen) atoms. The van der Waals surface area contributed by atoms with Gasteiger partial charge in [-0.25, -0.2) is 9.78 Å². The number of fused-ring (bicyclic) bond motifs is 1. The van der Waals surface area contributed by atoms with Crippen molar-refractivity contribution in [1.82, 2.24) is 19.7 Å². The number of alkyl halides is 3. The van der Waals surface area contributed by atoms with Crippen LogP contribution in [-0.4, -0.2) is 57.2 Å². The van der Waals surface area contributed by atoms with Gasteiger partial charge in [0.05, 0.1) is 31.1 Å². The Bertz CT molecular complexity index is 775. The van der Waals surface area contributed by atoms with Gasteiger partial charge in [0.15, 0.2) is 0 Å². The van der Waals surface area contributed by atoms with Gasteiger partial charge in [-0.1, -0.05) is 0 Å². The van der Waals surface area contributed by atoms with E-state index in [0.717, 1.165) is 25.2 Å². The van der Waals surface area contributed by atoms with Crippen LogP contribution in [0.15, 0.2) is 11.6 Å². The minimum absolute atomic E-state index is 0.264. The number of rotatable bonds is 4. The summed E-state index contributed by atoms with van der Waals surface area (Å²) in [7, 11) is 3.77. The van der Waals surface area contributed by atoms with E-state index in [1.165, 1.54) is 16.3 Å². The zero-order chi connectivity index (χ0) is 20.2. The summed E-state index contributed by atoms with van der Waals surface area (Å²) in [5.41, 5.74) is 3.74. The number of thiazole rings is 1. The molecule has 1 aliphatic heterocycles. The maximum atomic E-state index is 10.6. The van der Waals surface area contributed by atoms with Gasteiger partial charge in [0.2, 0.25) is 0 Å². The van der Waals surface area contributed by atoms with E-state index in [1.54, 1.807) is 18.4 Å². The molecule has 1 unspecified atom stereocenters. The molecule has 2 aromatic heterocycles. The lowest BCUT2D eigenvalue weighted by Gasteiger charge is -2.35. The molecular formula is C16H21F3N4O3S. The molecule has 0 saturated carbocycles. The van der Waals surface area contributed by atoms with Crippen molar-refractivity contribution in [1.29, 1.82) is 0 Å². The molecule has 150 valence electrons. The summed E-state index contributed by atoms with van der Waals surface area (Å²) in [6.45, 7) is 4.65. The number of nitrogens with zero attached hydrogens (tertiary/aromatic N) is 4. The number of aliphatic carboxylic acids is 1. The second-order valence-electron chi connectivity index (χ2n) is 6.06. The fourth-order valence-corrected chi connectivity index (χ4v) is 3.68. The van der Waals surface area contributed by atoms with Crippen molar-refractivity contribution in [2.75, 3.05) is 20.3 Å². The summed E-state index contributed by atoms with van der Waals surface area (Å²) in [4.78, 5) is 15.9. The fraction of sp³-hybridized carbons (Fsp3) is 0.562. The molecule has 11 heteroatoms. The highest BCUT2D eigenvalue weighted by Gasteiger charge is 2.38. The lowest BCUT2D eigenvalue weighted by molar-refractivity contribution is -0.192. The molecule has 0 aliphatic carbocycles. The van der Waals surface area contributed by atoms with Crippen molar-refractivity contribution in [3.05, 3.63) is 33.5 Å². The average molecular weight is 406 g/mol. The zero-order valence-corrected chi connectivity index (χ0v) is 16.0. The van der Waals surface area contributed by atoms with Gasteiger partial charge < -0.3 is 9.84 Å². The van der Waals surface area contributed by atoms with Crippen LogP contribution in [0.3, 0.4) is 0 Å². The summed E-state index contributed by atoms with van der Waals surface area (Å²) in [6, 6.07) is 0.264. The number of methoxy groups -OCH3 is 1. The zero-order valence-electron chi connectivity index (χ0n) is 15.2. The van der Waals surface area contributed by atoms with Crippen LogP contribution >= 0.6 is 11.3 Å². The lowest BCUT2D eigenvalue weighted by atomic mass is 10.0. The Morgan fingerprint density at radius 3 is 2.67 bits per heavy atom. The first-order valence-electron chi connectivity index (χ1n) is 8.08. The van der Waals surface area contributed by atoms with Crippen molar-refractivity contribution in [3.63, 3.8) is 0 Å². The minimum Gasteiger partial charge on any atom is -0.475 e. The first-order valence-corrected chi connectivity index (χ1v) is 8.96. The van der Waals surface area contributed by atoms with Gasteiger partial charge in [-0.2, -0.15) is 18.3 Å².